The molecule has 0 aliphatic rings. The number of amides is 1. The fourth-order valence-corrected chi connectivity index (χ4v) is 3.32. The van der Waals surface area contributed by atoms with Crippen LogP contribution in [0.4, 0.5) is 5.69 Å². The molecule has 1 N–H and O–H groups in total. The van der Waals surface area contributed by atoms with E-state index in [4.69, 9.17) is 11.6 Å². The number of nitrogens with one attached hydrogen (secondary N) is 1. The number of hydrogen-bond donors (Lipinski definition) is 1. The minimum absolute atomic E-state index is 0.215. The Bertz CT molecular complexity index is 977. The molecule has 3 rings (SSSR count). The van der Waals surface area contributed by atoms with E-state index >= 15 is 0 Å². The van der Waals surface area contributed by atoms with Crippen LogP contribution in [0.5, 0.6) is 0 Å². The van der Waals surface area contributed by atoms with Gasteiger partial charge in [0.25, 0.3) is 5.91 Å². The quantitative estimate of drug-likeness (QED) is 0.679. The Morgan fingerprint density at radius 1 is 1.11 bits per heavy atom. The predicted octanol–water partition coefficient (Wildman–Crippen LogP) is 4.20. The summed E-state index contributed by atoms with van der Waals surface area (Å²) in [5.74, 6) is -0.215. The molecule has 0 bridgehead atoms. The molecule has 5 nitrogen and oxygen atoms in total. The first-order valence-electron chi connectivity index (χ1n) is 9.18. The van der Waals surface area contributed by atoms with Gasteiger partial charge in [0, 0.05) is 26.3 Å². The molecule has 1 aromatic heterocycles. The molecule has 0 unspecified atom stereocenters. The van der Waals surface area contributed by atoms with Crippen LogP contribution >= 0.6 is 11.6 Å². The van der Waals surface area contributed by atoms with Crippen LogP contribution in [-0.2, 0) is 13.1 Å². The zero-order valence-electron chi connectivity index (χ0n) is 16.7. The van der Waals surface area contributed by atoms with Gasteiger partial charge in [0.15, 0.2) is 0 Å². The second-order valence-corrected chi connectivity index (χ2v) is 7.50. The van der Waals surface area contributed by atoms with Crippen LogP contribution in [0.1, 0.15) is 32.7 Å². The number of aromatic nitrogens is 2. The fourth-order valence-electron chi connectivity index (χ4n) is 3.00. The Hall–Kier alpha value is -2.79. The van der Waals surface area contributed by atoms with Gasteiger partial charge < -0.3 is 10.2 Å². The van der Waals surface area contributed by atoms with Crippen molar-refractivity contribution in [2.24, 2.45) is 0 Å². The molecule has 0 atom stereocenters. The van der Waals surface area contributed by atoms with E-state index in [1.807, 2.05) is 56.3 Å². The lowest BCUT2D eigenvalue weighted by Crippen LogP contribution is -2.23. The largest absolute Gasteiger partial charge is 0.378 e. The molecule has 3 aromatic rings. The molecule has 0 aliphatic carbocycles. The monoisotopic (exact) mass is 396 g/mol. The molecule has 1 heterocycles. The average molecular weight is 397 g/mol. The third kappa shape index (κ3) is 4.54. The summed E-state index contributed by atoms with van der Waals surface area (Å²) in [4.78, 5) is 14.8. The average Bonchev–Trinajstić information content (AvgIpc) is 2.95. The molecule has 0 saturated heterocycles. The maximum atomic E-state index is 12.7. The van der Waals surface area contributed by atoms with Gasteiger partial charge in [-0.25, -0.2) is 4.68 Å². The van der Waals surface area contributed by atoms with Gasteiger partial charge in [0.2, 0.25) is 0 Å². The van der Waals surface area contributed by atoms with Gasteiger partial charge in [0.05, 0.1) is 17.8 Å². The first-order valence-corrected chi connectivity index (χ1v) is 9.56. The molecule has 0 fully saturated rings. The molecule has 1 amide bonds. The highest BCUT2D eigenvalue weighted by Crippen LogP contribution is 2.21. The van der Waals surface area contributed by atoms with Gasteiger partial charge in [-0.1, -0.05) is 53.6 Å². The van der Waals surface area contributed by atoms with E-state index < -0.39 is 0 Å². The molecule has 0 radical (unpaired) electrons. The second-order valence-electron chi connectivity index (χ2n) is 7.14. The molecule has 146 valence electrons. The summed E-state index contributed by atoms with van der Waals surface area (Å²) < 4.78 is 1.67. The number of carbonyl (C=O) groups excluding carboxylic acids is 1. The first-order chi connectivity index (χ1) is 13.3. The Balaban J connectivity index is 1.72. The number of anilines is 1. The van der Waals surface area contributed by atoms with Crippen LogP contribution in [0.2, 0.25) is 5.15 Å². The third-order valence-electron chi connectivity index (χ3n) is 4.63. The second kappa shape index (κ2) is 8.48. The number of rotatable bonds is 6. The number of hydrogen-bond acceptors (Lipinski definition) is 3. The van der Waals surface area contributed by atoms with Crippen molar-refractivity contribution in [1.82, 2.24) is 15.1 Å². The topological polar surface area (TPSA) is 50.2 Å². The highest BCUT2D eigenvalue weighted by atomic mass is 35.5. The van der Waals surface area contributed by atoms with Crippen LogP contribution in [0.3, 0.4) is 0 Å². The number of benzene rings is 2. The van der Waals surface area contributed by atoms with E-state index in [0.717, 1.165) is 16.8 Å². The molecule has 6 heteroatoms. The number of carbonyl (C=O) groups is 1. The standard InChI is InChI=1S/C22H25ClN4O/c1-15-8-10-17(11-9-15)14-27-21(23)20(16(2)25-27)22(28)24-13-18-6-5-7-19(12-18)26(3)4/h5-12H,13-14H2,1-4H3,(H,24,28). The van der Waals surface area contributed by atoms with Crippen molar-refractivity contribution in [3.63, 3.8) is 0 Å². The van der Waals surface area contributed by atoms with E-state index in [2.05, 4.69) is 28.6 Å². The lowest BCUT2D eigenvalue weighted by Gasteiger charge is -2.14. The van der Waals surface area contributed by atoms with Crippen molar-refractivity contribution < 1.29 is 4.79 Å². The van der Waals surface area contributed by atoms with Crippen LogP contribution in [-0.4, -0.2) is 29.8 Å². The minimum Gasteiger partial charge on any atom is -0.378 e. The van der Waals surface area contributed by atoms with Gasteiger partial charge >= 0.3 is 0 Å². The van der Waals surface area contributed by atoms with Crippen LogP contribution in [0.15, 0.2) is 48.5 Å². The third-order valence-corrected chi connectivity index (χ3v) is 5.01. The van der Waals surface area contributed by atoms with Gasteiger partial charge in [-0.05, 0) is 37.1 Å². The first kappa shape index (κ1) is 20.0. The van der Waals surface area contributed by atoms with Crippen molar-refractivity contribution in [2.75, 3.05) is 19.0 Å². The molecule has 2 aromatic carbocycles. The van der Waals surface area contributed by atoms with E-state index in [0.29, 0.717) is 29.5 Å². The molecule has 0 saturated carbocycles. The highest BCUT2D eigenvalue weighted by molar-refractivity contribution is 6.33. The van der Waals surface area contributed by atoms with Gasteiger partial charge in [-0.2, -0.15) is 5.10 Å². The molecule has 28 heavy (non-hydrogen) atoms. The number of nitrogens with zero attached hydrogens (tertiary/aromatic N) is 3. The SMILES string of the molecule is Cc1ccc(Cn2nc(C)c(C(=O)NCc3cccc(N(C)C)c3)c2Cl)cc1. The number of aryl methyl sites for hydroxylation is 2. The van der Waals surface area contributed by atoms with Crippen LogP contribution in [0.25, 0.3) is 0 Å². The summed E-state index contributed by atoms with van der Waals surface area (Å²) in [5, 5.41) is 7.77. The fraction of sp³-hybridized carbons (Fsp3) is 0.273. The maximum Gasteiger partial charge on any atom is 0.256 e. The van der Waals surface area contributed by atoms with E-state index in [1.165, 1.54) is 5.56 Å². The summed E-state index contributed by atoms with van der Waals surface area (Å²) in [6, 6.07) is 16.2. The van der Waals surface area contributed by atoms with Crippen LogP contribution < -0.4 is 10.2 Å². The van der Waals surface area contributed by atoms with Crippen LogP contribution in [0, 0.1) is 13.8 Å². The van der Waals surface area contributed by atoms with E-state index in [9.17, 15) is 4.79 Å². The lowest BCUT2D eigenvalue weighted by atomic mass is 10.1. The molecular weight excluding hydrogens is 372 g/mol. The van der Waals surface area contributed by atoms with Crippen molar-refractivity contribution in [3.8, 4) is 0 Å². The molecule has 0 spiro atoms. The van der Waals surface area contributed by atoms with Crippen molar-refractivity contribution in [3.05, 3.63) is 81.6 Å². The summed E-state index contributed by atoms with van der Waals surface area (Å²) in [6.07, 6.45) is 0. The lowest BCUT2D eigenvalue weighted by molar-refractivity contribution is 0.0950. The van der Waals surface area contributed by atoms with E-state index in [-0.39, 0.29) is 5.91 Å². The molecule has 0 aliphatic heterocycles. The Morgan fingerprint density at radius 3 is 2.50 bits per heavy atom. The Labute approximate surface area is 170 Å². The smallest absolute Gasteiger partial charge is 0.256 e. The van der Waals surface area contributed by atoms with E-state index in [1.54, 1.807) is 11.6 Å². The summed E-state index contributed by atoms with van der Waals surface area (Å²) in [7, 11) is 3.98. The van der Waals surface area contributed by atoms with Gasteiger partial charge in [0.1, 0.15) is 5.15 Å². The zero-order valence-corrected chi connectivity index (χ0v) is 17.4. The normalized spacial score (nSPS) is 10.8. The van der Waals surface area contributed by atoms with Gasteiger partial charge in [-0.3, -0.25) is 4.79 Å². The predicted molar refractivity (Wildman–Crippen MR) is 114 cm³/mol. The van der Waals surface area contributed by atoms with Crippen molar-refractivity contribution >= 4 is 23.2 Å². The summed E-state index contributed by atoms with van der Waals surface area (Å²) >= 11 is 6.49. The Morgan fingerprint density at radius 2 is 1.82 bits per heavy atom. The highest BCUT2D eigenvalue weighted by Gasteiger charge is 2.20. The van der Waals surface area contributed by atoms with Gasteiger partial charge in [-0.15, -0.1) is 0 Å². The van der Waals surface area contributed by atoms with Crippen molar-refractivity contribution in [2.45, 2.75) is 26.9 Å². The summed E-state index contributed by atoms with van der Waals surface area (Å²) in [6.45, 7) is 4.81. The molecular formula is C22H25ClN4O. The zero-order chi connectivity index (χ0) is 20.3. The Kier molecular flexibility index (Phi) is 6.05. The maximum absolute atomic E-state index is 12.7. The minimum atomic E-state index is -0.215. The van der Waals surface area contributed by atoms with Crippen molar-refractivity contribution in [1.29, 1.82) is 0 Å². The number of halogens is 1. The summed E-state index contributed by atoms with van der Waals surface area (Å²) in [5.41, 5.74) is 5.45.